The number of allylic oxidation sites excluding steroid dienone is 1. The monoisotopic (exact) mass is 476 g/mol. The van der Waals surface area contributed by atoms with Crippen LogP contribution in [-0.4, -0.2) is 33.4 Å². The molecular weight excluding hydrogens is 444 g/mol. The van der Waals surface area contributed by atoms with Crippen LogP contribution in [0.25, 0.3) is 0 Å². The van der Waals surface area contributed by atoms with Crippen molar-refractivity contribution in [2.24, 2.45) is 5.92 Å². The Hall–Kier alpha value is -2.47. The maximum absolute atomic E-state index is 13.5. The number of benzene rings is 1. The molecule has 6 nitrogen and oxygen atoms in total. The second-order valence-electron chi connectivity index (χ2n) is 9.44. The minimum atomic E-state index is -2.95. The van der Waals surface area contributed by atoms with E-state index >= 15 is 0 Å². The zero-order valence-electron chi connectivity index (χ0n) is 19.9. The first-order valence-corrected chi connectivity index (χ1v) is 11.8. The quantitative estimate of drug-likeness (QED) is 0.373. The fraction of sp³-hybridized carbons (Fsp3) is 0.440. The number of carbonyl (C=O) groups is 1. The molecule has 0 aliphatic rings. The van der Waals surface area contributed by atoms with Gasteiger partial charge >= 0.3 is 19.2 Å². The fourth-order valence-corrected chi connectivity index (χ4v) is 4.70. The number of pyridine rings is 1. The molecule has 0 amide bonds. The molecule has 1 aromatic heterocycles. The Bertz CT molecular complexity index is 1030. The van der Waals surface area contributed by atoms with Gasteiger partial charge in [0.25, 0.3) is 0 Å². The van der Waals surface area contributed by atoms with Crippen molar-refractivity contribution in [3.63, 3.8) is 0 Å². The number of rotatable bonds is 9. The average Bonchev–Trinajstić information content (AvgIpc) is 2.74. The molecule has 8 heteroatoms. The molecule has 0 saturated carbocycles. The van der Waals surface area contributed by atoms with Crippen LogP contribution in [-0.2, 0) is 31.3 Å². The summed E-state index contributed by atoms with van der Waals surface area (Å²) < 4.78 is 31.9. The lowest BCUT2D eigenvalue weighted by Crippen LogP contribution is -2.55. The lowest BCUT2D eigenvalue weighted by atomic mass is 9.77. The number of aromatic nitrogens is 1. The molecule has 0 spiro atoms. The maximum Gasteiger partial charge on any atom is 0.534 e. The highest BCUT2D eigenvalue weighted by Gasteiger charge is 2.71. The number of carboxylic acids is 1. The summed E-state index contributed by atoms with van der Waals surface area (Å²) in [5.74, 6) is -2.08. The molecule has 0 fully saturated rings. The van der Waals surface area contributed by atoms with Crippen molar-refractivity contribution in [2.45, 2.75) is 57.2 Å². The van der Waals surface area contributed by atoms with Gasteiger partial charge in [0, 0.05) is 17.5 Å². The highest BCUT2D eigenvalue weighted by molar-refractivity contribution is 7.43. The molecule has 3 unspecified atom stereocenters. The molecule has 0 bridgehead atoms. The van der Waals surface area contributed by atoms with Crippen LogP contribution in [0.2, 0.25) is 0 Å². The SMILES string of the molecule is CO[P+](=O)C(C=CC(C)C)(C(=O)O)C(O)(Cc1ccc(F)cc1)c1cccc(C(C)(C)C)n1. The van der Waals surface area contributed by atoms with Crippen LogP contribution in [0.3, 0.4) is 0 Å². The van der Waals surface area contributed by atoms with Crippen LogP contribution in [0.1, 0.15) is 51.6 Å². The third-order valence-electron chi connectivity index (χ3n) is 5.45. The van der Waals surface area contributed by atoms with Gasteiger partial charge < -0.3 is 10.2 Å². The van der Waals surface area contributed by atoms with Gasteiger partial charge in [0.2, 0.25) is 0 Å². The van der Waals surface area contributed by atoms with E-state index in [1.165, 1.54) is 36.4 Å². The number of hydrogen-bond donors (Lipinski definition) is 2. The molecule has 0 aliphatic carbocycles. The maximum atomic E-state index is 13.5. The molecule has 3 atom stereocenters. The molecule has 178 valence electrons. The number of aliphatic hydroxyl groups is 1. The smallest absolute Gasteiger partial charge is 0.477 e. The molecule has 1 heterocycles. The molecule has 2 rings (SSSR count). The van der Waals surface area contributed by atoms with Crippen LogP contribution >= 0.6 is 8.03 Å². The van der Waals surface area contributed by atoms with Crippen molar-refractivity contribution in [1.29, 1.82) is 0 Å². The zero-order valence-corrected chi connectivity index (χ0v) is 20.8. The van der Waals surface area contributed by atoms with E-state index in [0.717, 1.165) is 7.11 Å². The van der Waals surface area contributed by atoms with Crippen LogP contribution in [0.5, 0.6) is 0 Å². The summed E-state index contributed by atoms with van der Waals surface area (Å²) in [4.78, 5) is 17.4. The number of hydrogen-bond acceptors (Lipinski definition) is 5. The summed E-state index contributed by atoms with van der Waals surface area (Å²) in [5, 5.41) is 20.3. The first kappa shape index (κ1) is 26.8. The molecule has 2 aromatic rings. The van der Waals surface area contributed by atoms with E-state index in [4.69, 9.17) is 4.52 Å². The Morgan fingerprint density at radius 2 is 1.73 bits per heavy atom. The van der Waals surface area contributed by atoms with E-state index in [9.17, 15) is 24.0 Å². The second kappa shape index (κ2) is 10.2. The van der Waals surface area contributed by atoms with E-state index in [0.29, 0.717) is 11.3 Å². The second-order valence-corrected chi connectivity index (χ2v) is 11.0. The Balaban J connectivity index is 2.92. The van der Waals surface area contributed by atoms with Crippen LogP contribution in [0, 0.1) is 11.7 Å². The third kappa shape index (κ3) is 5.55. The topological polar surface area (TPSA) is 96.7 Å². The van der Waals surface area contributed by atoms with Gasteiger partial charge in [0.05, 0.1) is 12.8 Å². The van der Waals surface area contributed by atoms with Gasteiger partial charge in [0.1, 0.15) is 5.82 Å². The zero-order chi connectivity index (χ0) is 25.0. The number of halogens is 1. The van der Waals surface area contributed by atoms with Crippen molar-refractivity contribution < 1.29 is 28.5 Å². The van der Waals surface area contributed by atoms with Crippen LogP contribution < -0.4 is 0 Å². The number of carboxylic acid groups (broad SMARTS) is 1. The lowest BCUT2D eigenvalue weighted by molar-refractivity contribution is -0.147. The van der Waals surface area contributed by atoms with Gasteiger partial charge in [-0.05, 0) is 46.4 Å². The van der Waals surface area contributed by atoms with Crippen molar-refractivity contribution in [3.8, 4) is 0 Å². The predicted octanol–water partition coefficient (Wildman–Crippen LogP) is 5.37. The first-order valence-electron chi connectivity index (χ1n) is 10.7. The van der Waals surface area contributed by atoms with Gasteiger partial charge in [-0.25, -0.2) is 9.18 Å². The van der Waals surface area contributed by atoms with E-state index in [1.807, 2.05) is 34.6 Å². The lowest BCUT2D eigenvalue weighted by Gasteiger charge is -2.35. The predicted molar refractivity (Wildman–Crippen MR) is 126 cm³/mol. The minimum absolute atomic E-state index is 0.0375. The van der Waals surface area contributed by atoms with E-state index in [2.05, 4.69) is 4.98 Å². The molecule has 2 N–H and O–H groups in total. The first-order chi connectivity index (χ1) is 15.3. The normalized spacial score (nSPS) is 16.5. The average molecular weight is 477 g/mol. The van der Waals surface area contributed by atoms with Crippen molar-refractivity contribution >= 4 is 14.0 Å². The summed E-state index contributed by atoms with van der Waals surface area (Å²) in [5.41, 5.74) is -1.57. The Morgan fingerprint density at radius 1 is 1.15 bits per heavy atom. The molecule has 33 heavy (non-hydrogen) atoms. The molecule has 1 aromatic carbocycles. The molecular formula is C25H32FNO5P+. The van der Waals surface area contributed by atoms with Gasteiger partial charge in [-0.15, -0.1) is 4.52 Å². The Morgan fingerprint density at radius 3 is 2.21 bits per heavy atom. The van der Waals surface area contributed by atoms with Crippen molar-refractivity contribution in [3.05, 3.63) is 77.4 Å². The standard InChI is InChI=1S/C25H31FNO5P/c1-17(2)14-15-25(22(28)29,33(31)32-6)24(30,16-18-10-12-19(26)13-11-18)21-9-7-8-20(27-21)23(3,4)5/h7-15,17,30H,16H2,1-6H3/p+1. The van der Waals surface area contributed by atoms with Crippen molar-refractivity contribution in [1.82, 2.24) is 4.98 Å². The van der Waals surface area contributed by atoms with Gasteiger partial charge in [0.15, 0.2) is 5.60 Å². The van der Waals surface area contributed by atoms with Crippen LogP contribution in [0.15, 0.2) is 54.6 Å². The summed E-state index contributed by atoms with van der Waals surface area (Å²) in [7, 11) is -1.81. The summed E-state index contributed by atoms with van der Waals surface area (Å²) in [6.07, 6.45) is 2.54. The molecule has 0 saturated heterocycles. The van der Waals surface area contributed by atoms with Crippen molar-refractivity contribution in [2.75, 3.05) is 7.11 Å². The van der Waals surface area contributed by atoms with Gasteiger partial charge in [-0.3, -0.25) is 4.98 Å². The van der Waals surface area contributed by atoms with Gasteiger partial charge in [-0.1, -0.05) is 58.9 Å². The Labute approximate surface area is 195 Å². The van der Waals surface area contributed by atoms with E-state index in [1.54, 1.807) is 18.2 Å². The fourth-order valence-electron chi connectivity index (χ4n) is 3.55. The largest absolute Gasteiger partial charge is 0.534 e. The van der Waals surface area contributed by atoms with Gasteiger partial charge in [-0.2, -0.15) is 0 Å². The Kier molecular flexibility index (Phi) is 8.28. The third-order valence-corrected chi connectivity index (χ3v) is 7.07. The number of nitrogens with zero attached hydrogens (tertiary/aromatic N) is 1. The summed E-state index contributed by atoms with van der Waals surface area (Å²) in [6, 6.07) is 10.3. The summed E-state index contributed by atoms with van der Waals surface area (Å²) in [6.45, 7) is 9.49. The molecule has 0 radical (unpaired) electrons. The van der Waals surface area contributed by atoms with E-state index in [-0.39, 0.29) is 18.0 Å². The highest BCUT2D eigenvalue weighted by atomic mass is 31.1. The number of aliphatic carboxylic acids is 1. The highest BCUT2D eigenvalue weighted by Crippen LogP contribution is 2.54. The minimum Gasteiger partial charge on any atom is -0.477 e. The molecule has 0 aliphatic heterocycles. The summed E-state index contributed by atoms with van der Waals surface area (Å²) >= 11 is 0. The van der Waals surface area contributed by atoms with Crippen LogP contribution in [0.4, 0.5) is 4.39 Å². The van der Waals surface area contributed by atoms with E-state index < -0.39 is 36.0 Å².